The number of fused-ring (bicyclic) bond motifs is 1. The summed E-state index contributed by atoms with van der Waals surface area (Å²) in [4.78, 5) is -0.523. The number of benzene rings is 2. The topological polar surface area (TPSA) is 101 Å². The van der Waals surface area contributed by atoms with E-state index in [4.69, 9.17) is 10.3 Å². The molecule has 5 nitrogen and oxygen atoms in total. The van der Waals surface area contributed by atoms with E-state index in [0.29, 0.717) is 11.1 Å². The van der Waals surface area contributed by atoms with Gasteiger partial charge in [-0.1, -0.05) is 18.2 Å². The van der Waals surface area contributed by atoms with Crippen LogP contribution in [0.15, 0.2) is 35.2 Å². The van der Waals surface area contributed by atoms with E-state index < -0.39 is 20.8 Å². The average molecular weight is 263 g/mol. The second-order valence-electron chi connectivity index (χ2n) is 3.33. The summed E-state index contributed by atoms with van der Waals surface area (Å²) in [6.45, 7) is 0. The molecule has 0 saturated carbocycles. The summed E-state index contributed by atoms with van der Waals surface area (Å²) < 4.78 is 30.8. The Hall–Kier alpha value is -0.790. The van der Waals surface area contributed by atoms with Gasteiger partial charge in [0, 0.05) is 16.5 Å². The monoisotopic (exact) mass is 263 g/mol. The molecule has 17 heavy (non-hydrogen) atoms. The Morgan fingerprint density at radius 2 is 1.71 bits per heavy atom. The summed E-state index contributed by atoms with van der Waals surface area (Å²) in [5.41, 5.74) is 6.09. The Kier molecular flexibility index (Phi) is 4.06. The number of phenolic OH excluding ortho intramolecular Hbond substituents is 1. The van der Waals surface area contributed by atoms with E-state index in [9.17, 15) is 13.5 Å². The van der Waals surface area contributed by atoms with Crippen LogP contribution in [0, 0.1) is 0 Å². The van der Waals surface area contributed by atoms with Crippen molar-refractivity contribution in [1.29, 1.82) is 0 Å². The molecule has 0 amide bonds. The molecule has 0 fully saturated rings. The fourth-order valence-corrected chi connectivity index (χ4v) is 2.15. The number of nitrogens with two attached hydrogens (primary N) is 1. The van der Waals surface area contributed by atoms with Crippen molar-refractivity contribution >= 4 is 56.1 Å². The van der Waals surface area contributed by atoms with Crippen LogP contribution in [0.3, 0.4) is 0 Å². The molecular weight excluding hydrogens is 253 g/mol. The van der Waals surface area contributed by atoms with Crippen LogP contribution < -0.4 is 5.73 Å². The van der Waals surface area contributed by atoms with Gasteiger partial charge in [0.05, 0.1) is 0 Å². The number of aromatic hydroxyl groups is 1. The maximum atomic E-state index is 10.9. The summed E-state index contributed by atoms with van der Waals surface area (Å²) in [6.07, 6.45) is 0. The van der Waals surface area contributed by atoms with Gasteiger partial charge in [-0.3, -0.25) is 4.55 Å². The Morgan fingerprint density at radius 3 is 2.29 bits per heavy atom. The Labute approximate surface area is 120 Å². The van der Waals surface area contributed by atoms with Gasteiger partial charge >= 0.3 is 29.6 Å². The Morgan fingerprint density at radius 1 is 1.06 bits per heavy atom. The van der Waals surface area contributed by atoms with Crippen molar-refractivity contribution in [2.24, 2.45) is 0 Å². The second kappa shape index (κ2) is 4.83. The molecular formula is C10H10NNaO4S. The van der Waals surface area contributed by atoms with Crippen molar-refractivity contribution in [3.8, 4) is 5.75 Å². The third-order valence-corrected chi connectivity index (χ3v) is 3.19. The van der Waals surface area contributed by atoms with Crippen molar-refractivity contribution in [1.82, 2.24) is 0 Å². The third kappa shape index (κ3) is 2.56. The Bertz CT molecular complexity index is 669. The molecule has 0 atom stereocenters. The molecule has 2 aromatic rings. The summed E-state index contributed by atoms with van der Waals surface area (Å²) in [5, 5.41) is 10.5. The minimum absolute atomic E-state index is 0. The average Bonchev–Trinajstić information content (AvgIpc) is 2.18. The van der Waals surface area contributed by atoms with Crippen molar-refractivity contribution in [2.75, 3.05) is 5.73 Å². The van der Waals surface area contributed by atoms with Crippen LogP contribution in [-0.2, 0) is 10.1 Å². The van der Waals surface area contributed by atoms with E-state index >= 15 is 0 Å². The molecule has 2 rings (SSSR count). The van der Waals surface area contributed by atoms with Crippen LogP contribution in [0.25, 0.3) is 10.8 Å². The zero-order valence-corrected chi connectivity index (χ0v) is 8.90. The number of rotatable bonds is 1. The number of nitrogen functional groups attached to an aromatic ring is 1. The SMILES string of the molecule is Nc1cccc2c(O)c(S(=O)(=O)O)ccc12.[NaH]. The fourth-order valence-electron chi connectivity index (χ4n) is 1.55. The quantitative estimate of drug-likeness (QED) is 0.400. The van der Waals surface area contributed by atoms with Gasteiger partial charge in [-0.2, -0.15) is 8.42 Å². The zero-order valence-electron chi connectivity index (χ0n) is 8.08. The van der Waals surface area contributed by atoms with E-state index in [1.807, 2.05) is 0 Å². The summed E-state index contributed by atoms with van der Waals surface area (Å²) in [7, 11) is -4.43. The van der Waals surface area contributed by atoms with E-state index in [-0.39, 0.29) is 34.9 Å². The molecule has 0 aliphatic rings. The van der Waals surface area contributed by atoms with Crippen LogP contribution in [0.2, 0.25) is 0 Å². The second-order valence-corrected chi connectivity index (χ2v) is 4.72. The van der Waals surface area contributed by atoms with Gasteiger partial charge in [0.1, 0.15) is 10.6 Å². The molecule has 0 radical (unpaired) electrons. The van der Waals surface area contributed by atoms with E-state index in [1.165, 1.54) is 12.1 Å². The molecule has 4 N–H and O–H groups in total. The molecule has 0 heterocycles. The predicted octanol–water partition coefficient (Wildman–Crippen LogP) is 0.726. The first-order valence-corrected chi connectivity index (χ1v) is 5.83. The predicted molar refractivity (Wildman–Crippen MR) is 67.0 cm³/mol. The number of hydrogen-bond donors (Lipinski definition) is 3. The summed E-state index contributed by atoms with van der Waals surface area (Å²) in [5.74, 6) is -0.493. The summed E-state index contributed by atoms with van der Waals surface area (Å²) >= 11 is 0. The number of hydrogen-bond acceptors (Lipinski definition) is 4. The van der Waals surface area contributed by atoms with Crippen LogP contribution in [0.5, 0.6) is 5.75 Å². The first kappa shape index (κ1) is 14.3. The van der Waals surface area contributed by atoms with Gasteiger partial charge in [-0.05, 0) is 12.1 Å². The maximum absolute atomic E-state index is 10.9. The molecule has 7 heteroatoms. The van der Waals surface area contributed by atoms with Gasteiger partial charge in [0.25, 0.3) is 10.1 Å². The molecule has 0 aliphatic carbocycles. The van der Waals surface area contributed by atoms with Gasteiger partial charge in [-0.15, -0.1) is 0 Å². The zero-order chi connectivity index (χ0) is 11.9. The van der Waals surface area contributed by atoms with Gasteiger partial charge in [0.2, 0.25) is 0 Å². The normalized spacial score (nSPS) is 11.1. The Balaban J connectivity index is 0.00000144. The number of anilines is 1. The third-order valence-electron chi connectivity index (χ3n) is 2.31. The first-order chi connectivity index (χ1) is 7.41. The van der Waals surface area contributed by atoms with E-state index in [1.54, 1.807) is 12.1 Å². The summed E-state index contributed by atoms with van der Waals surface area (Å²) in [6, 6.07) is 7.30. The first-order valence-electron chi connectivity index (χ1n) is 4.39. The molecule has 0 aliphatic heterocycles. The van der Waals surface area contributed by atoms with Gasteiger partial charge < -0.3 is 10.8 Å². The van der Waals surface area contributed by atoms with Crippen LogP contribution in [-0.4, -0.2) is 47.6 Å². The van der Waals surface area contributed by atoms with Crippen molar-refractivity contribution in [2.45, 2.75) is 4.90 Å². The fraction of sp³-hybridized carbons (Fsp3) is 0. The van der Waals surface area contributed by atoms with Crippen LogP contribution in [0.1, 0.15) is 0 Å². The molecule has 0 spiro atoms. The van der Waals surface area contributed by atoms with Crippen molar-refractivity contribution in [3.05, 3.63) is 30.3 Å². The molecule has 0 bridgehead atoms. The van der Waals surface area contributed by atoms with Gasteiger partial charge in [-0.25, -0.2) is 0 Å². The number of phenols is 1. The van der Waals surface area contributed by atoms with Gasteiger partial charge in [0.15, 0.2) is 0 Å². The van der Waals surface area contributed by atoms with Crippen LogP contribution in [0.4, 0.5) is 5.69 Å². The van der Waals surface area contributed by atoms with Crippen LogP contribution >= 0.6 is 0 Å². The molecule has 0 unspecified atom stereocenters. The molecule has 0 aromatic heterocycles. The van der Waals surface area contributed by atoms with E-state index in [2.05, 4.69) is 0 Å². The molecule has 0 saturated heterocycles. The van der Waals surface area contributed by atoms with Crippen molar-refractivity contribution in [3.63, 3.8) is 0 Å². The molecule has 86 valence electrons. The molecule has 2 aromatic carbocycles. The minimum atomic E-state index is -4.43. The van der Waals surface area contributed by atoms with E-state index in [0.717, 1.165) is 6.07 Å². The standard InChI is InChI=1S/C10H9NO4S.Na.H/c11-8-3-1-2-7-6(8)4-5-9(10(7)12)16(13,14)15;;/h1-5,12H,11H2,(H,13,14,15);;. The van der Waals surface area contributed by atoms with Crippen molar-refractivity contribution < 1.29 is 18.1 Å².